The van der Waals surface area contributed by atoms with Gasteiger partial charge in [-0.3, -0.25) is 0 Å². The number of phenols is 1. The summed E-state index contributed by atoms with van der Waals surface area (Å²) in [5.74, 6) is 0.823. The monoisotopic (exact) mass is 411 g/mol. The summed E-state index contributed by atoms with van der Waals surface area (Å²) < 4.78 is 13.1. The van der Waals surface area contributed by atoms with E-state index < -0.39 is 11.2 Å². The number of fused-ring (bicyclic) bond motifs is 1. The highest BCUT2D eigenvalue weighted by atomic mass is 16.6. The molecular formula is C25H33NO4. The van der Waals surface area contributed by atoms with E-state index in [0.29, 0.717) is 11.8 Å². The van der Waals surface area contributed by atoms with E-state index in [2.05, 4.69) is 37.1 Å². The van der Waals surface area contributed by atoms with E-state index in [9.17, 15) is 10.2 Å². The van der Waals surface area contributed by atoms with Crippen LogP contribution < -0.4 is 4.74 Å². The van der Waals surface area contributed by atoms with E-state index in [4.69, 9.17) is 9.47 Å². The van der Waals surface area contributed by atoms with Crippen molar-refractivity contribution in [3.8, 4) is 11.5 Å². The molecule has 162 valence electrons. The molecule has 5 nitrogen and oxygen atoms in total. The number of aromatic hydroxyl groups is 1. The van der Waals surface area contributed by atoms with Gasteiger partial charge < -0.3 is 24.6 Å². The molecule has 0 unspecified atom stereocenters. The Morgan fingerprint density at radius 1 is 1.33 bits per heavy atom. The molecule has 1 aromatic carbocycles. The summed E-state index contributed by atoms with van der Waals surface area (Å²) in [5.41, 5.74) is 0.625. The largest absolute Gasteiger partial charge is 0.504 e. The second kappa shape index (κ2) is 5.62. The highest BCUT2D eigenvalue weighted by Gasteiger charge is 2.80. The number of rotatable bonds is 4. The Kier molecular flexibility index (Phi) is 3.59. The number of aliphatic hydroxyl groups is 1. The lowest BCUT2D eigenvalue weighted by atomic mass is 9.36. The Balaban J connectivity index is 1.66. The minimum absolute atomic E-state index is 0.0647. The molecule has 0 aromatic heterocycles. The summed E-state index contributed by atoms with van der Waals surface area (Å²) in [6.07, 6.45) is 8.86. The van der Waals surface area contributed by atoms with Gasteiger partial charge in [0.2, 0.25) is 0 Å². The van der Waals surface area contributed by atoms with Crippen LogP contribution in [0.1, 0.15) is 50.7 Å². The molecule has 0 radical (unpaired) electrons. The van der Waals surface area contributed by atoms with Gasteiger partial charge in [-0.05, 0) is 57.8 Å². The van der Waals surface area contributed by atoms with Crippen molar-refractivity contribution in [1.29, 1.82) is 0 Å². The summed E-state index contributed by atoms with van der Waals surface area (Å²) >= 11 is 0. The van der Waals surface area contributed by atoms with Crippen LogP contribution in [-0.4, -0.2) is 59.2 Å². The molecule has 2 fully saturated rings. The van der Waals surface area contributed by atoms with Crippen LogP contribution in [0.2, 0.25) is 0 Å². The van der Waals surface area contributed by atoms with Crippen molar-refractivity contribution in [2.75, 3.05) is 20.7 Å². The number of hydrogen-bond donors (Lipinski definition) is 2. The first-order valence-corrected chi connectivity index (χ1v) is 11.5. The quantitative estimate of drug-likeness (QED) is 0.746. The van der Waals surface area contributed by atoms with Gasteiger partial charge in [0.15, 0.2) is 11.5 Å². The van der Waals surface area contributed by atoms with Gasteiger partial charge in [0.1, 0.15) is 11.7 Å². The fraction of sp³-hybridized carbons (Fsp3) is 0.680. The maximum absolute atomic E-state index is 11.7. The van der Waals surface area contributed by atoms with Gasteiger partial charge in [-0.1, -0.05) is 31.6 Å². The van der Waals surface area contributed by atoms with Crippen LogP contribution in [0.5, 0.6) is 11.5 Å². The van der Waals surface area contributed by atoms with Crippen molar-refractivity contribution in [2.45, 2.75) is 74.7 Å². The molecule has 2 spiro atoms. The number of ether oxygens (including phenoxy) is 2. The molecule has 2 heterocycles. The first kappa shape index (κ1) is 19.1. The second-order valence-corrected chi connectivity index (χ2v) is 10.7. The predicted molar refractivity (Wildman–Crippen MR) is 114 cm³/mol. The minimum Gasteiger partial charge on any atom is -0.504 e. The van der Waals surface area contributed by atoms with Crippen LogP contribution in [0.15, 0.2) is 24.3 Å². The molecule has 2 aliphatic heterocycles. The number of likely N-dealkylation sites (N-methyl/N-ethyl adjacent to an activating group) is 1. The normalized spacial score (nSPS) is 44.5. The van der Waals surface area contributed by atoms with Gasteiger partial charge in [0.05, 0.1) is 11.0 Å². The first-order chi connectivity index (χ1) is 14.3. The average molecular weight is 412 g/mol. The molecule has 0 amide bonds. The number of piperidine rings is 1. The van der Waals surface area contributed by atoms with E-state index in [0.717, 1.165) is 38.6 Å². The van der Waals surface area contributed by atoms with Crippen molar-refractivity contribution in [2.24, 2.45) is 11.3 Å². The fourth-order valence-corrected chi connectivity index (χ4v) is 8.44. The third kappa shape index (κ3) is 1.80. The standard InChI is InChI=1S/C25H33NO4/c1-5-8-22(2,28)17-14-23-9-10-25(17,29-4)21-24(23)11-12-26(3)18(23)13-15-6-7-16(27)20(30-21)19(15)24/h6-7,9-10,17-18,21,27-28H,5,8,11-14H2,1-4H3/t17-,18+,21+,22-,23+,24-,25+/m0/s1. The number of nitrogens with zero attached hydrogens (tertiary/aromatic N) is 1. The lowest BCUT2D eigenvalue weighted by Gasteiger charge is -2.72. The van der Waals surface area contributed by atoms with Crippen molar-refractivity contribution in [3.05, 3.63) is 35.4 Å². The van der Waals surface area contributed by atoms with Gasteiger partial charge >= 0.3 is 0 Å². The number of likely N-dealkylation sites (tertiary alicyclic amines) is 1. The summed E-state index contributed by atoms with van der Waals surface area (Å²) in [5, 5.41) is 22.4. The van der Waals surface area contributed by atoms with Crippen LogP contribution in [0, 0.1) is 11.3 Å². The van der Waals surface area contributed by atoms with E-state index in [1.165, 1.54) is 11.1 Å². The third-order valence-electron chi connectivity index (χ3n) is 9.58. The molecule has 30 heavy (non-hydrogen) atoms. The SMILES string of the molecule is CCC[C@](C)(O)[C@@H]1C[C@@]23C=C[C@]1(OC)[C@@H]1Oc4c(O)ccc5c4[C@@]12CCN(C)[C@@H]3C5. The molecule has 1 aromatic rings. The highest BCUT2D eigenvalue weighted by Crippen LogP contribution is 2.75. The highest BCUT2D eigenvalue weighted by molar-refractivity contribution is 5.65. The topological polar surface area (TPSA) is 62.2 Å². The van der Waals surface area contributed by atoms with Crippen molar-refractivity contribution < 1.29 is 19.7 Å². The van der Waals surface area contributed by atoms with Crippen LogP contribution in [0.3, 0.4) is 0 Å². The molecular weight excluding hydrogens is 378 g/mol. The van der Waals surface area contributed by atoms with E-state index >= 15 is 0 Å². The van der Waals surface area contributed by atoms with Crippen molar-refractivity contribution >= 4 is 0 Å². The Morgan fingerprint density at radius 3 is 2.87 bits per heavy atom. The van der Waals surface area contributed by atoms with Crippen LogP contribution in [-0.2, 0) is 16.6 Å². The molecule has 1 saturated heterocycles. The first-order valence-electron chi connectivity index (χ1n) is 11.5. The second-order valence-electron chi connectivity index (χ2n) is 10.7. The van der Waals surface area contributed by atoms with E-state index in [1.54, 1.807) is 13.2 Å². The van der Waals surface area contributed by atoms with Gasteiger partial charge in [-0.15, -0.1) is 0 Å². The zero-order chi connectivity index (χ0) is 21.1. The lowest BCUT2D eigenvalue weighted by molar-refractivity contribution is -0.247. The molecule has 7 rings (SSSR count). The number of phenolic OH excluding ortho intramolecular Hbond substituents is 1. The van der Waals surface area contributed by atoms with Crippen LogP contribution in [0.4, 0.5) is 0 Å². The Labute approximate surface area is 178 Å². The zero-order valence-electron chi connectivity index (χ0n) is 18.4. The molecule has 1 saturated carbocycles. The number of benzene rings is 1. The number of hydrogen-bond acceptors (Lipinski definition) is 5. The predicted octanol–water partition coefficient (Wildman–Crippen LogP) is 3.16. The Bertz CT molecular complexity index is 957. The summed E-state index contributed by atoms with van der Waals surface area (Å²) in [6, 6.07) is 4.23. The molecule has 4 aliphatic carbocycles. The van der Waals surface area contributed by atoms with E-state index in [1.807, 2.05) is 6.92 Å². The van der Waals surface area contributed by atoms with Gasteiger partial charge in [0.25, 0.3) is 0 Å². The summed E-state index contributed by atoms with van der Waals surface area (Å²) in [7, 11) is 4.00. The third-order valence-corrected chi connectivity index (χ3v) is 9.58. The fourth-order valence-electron chi connectivity index (χ4n) is 8.44. The Hall–Kier alpha value is -1.56. The van der Waals surface area contributed by atoms with Gasteiger partial charge in [-0.25, -0.2) is 0 Å². The number of methoxy groups -OCH3 is 1. The Morgan fingerprint density at radius 2 is 2.13 bits per heavy atom. The molecule has 5 heteroatoms. The maximum atomic E-state index is 11.7. The maximum Gasteiger partial charge on any atom is 0.165 e. The van der Waals surface area contributed by atoms with Gasteiger partial charge in [-0.2, -0.15) is 0 Å². The van der Waals surface area contributed by atoms with Crippen molar-refractivity contribution in [1.82, 2.24) is 4.90 Å². The minimum atomic E-state index is -0.850. The smallest absolute Gasteiger partial charge is 0.165 e. The zero-order valence-corrected chi connectivity index (χ0v) is 18.4. The lowest BCUT2D eigenvalue weighted by Crippen LogP contribution is -2.80. The van der Waals surface area contributed by atoms with Crippen LogP contribution in [0.25, 0.3) is 0 Å². The van der Waals surface area contributed by atoms with Crippen molar-refractivity contribution in [3.63, 3.8) is 0 Å². The average Bonchev–Trinajstić information content (AvgIpc) is 3.09. The molecule has 6 aliphatic rings. The molecule has 2 N–H and O–H groups in total. The molecule has 7 atom stereocenters. The molecule has 4 bridgehead atoms. The summed E-state index contributed by atoms with van der Waals surface area (Å²) in [6.45, 7) is 5.11. The van der Waals surface area contributed by atoms with E-state index in [-0.39, 0.29) is 28.6 Å². The van der Waals surface area contributed by atoms with Gasteiger partial charge in [0, 0.05) is 30.0 Å². The summed E-state index contributed by atoms with van der Waals surface area (Å²) in [4.78, 5) is 2.51. The van der Waals surface area contributed by atoms with Crippen LogP contribution >= 0.6 is 0 Å².